The number of nitrogens with two attached hydrogens (primary N) is 1. The molecule has 1 aromatic carbocycles. The molecule has 6 heteroatoms. The lowest BCUT2D eigenvalue weighted by Gasteiger charge is -2.03. The number of benzene rings is 1. The number of aryl methyl sites for hydroxylation is 2. The molecule has 0 atom stereocenters. The van der Waals surface area contributed by atoms with Gasteiger partial charge in [-0.3, -0.25) is 4.68 Å². The van der Waals surface area contributed by atoms with Gasteiger partial charge in [0.25, 0.3) is 0 Å². The van der Waals surface area contributed by atoms with E-state index in [4.69, 9.17) is 28.9 Å². The van der Waals surface area contributed by atoms with Crippen LogP contribution in [0.4, 0.5) is 0 Å². The highest BCUT2D eigenvalue weighted by Gasteiger charge is 2.02. The van der Waals surface area contributed by atoms with Crippen molar-refractivity contribution in [3.63, 3.8) is 0 Å². The third kappa shape index (κ3) is 3.19. The number of aromatic nitrogens is 3. The van der Waals surface area contributed by atoms with Gasteiger partial charge in [0, 0.05) is 19.3 Å². The minimum atomic E-state index is 0.409. The molecule has 2 rings (SSSR count). The molecule has 0 radical (unpaired) electrons. The molecule has 0 unspecified atom stereocenters. The summed E-state index contributed by atoms with van der Waals surface area (Å²) in [7, 11) is 0. The van der Waals surface area contributed by atoms with Crippen molar-refractivity contribution in [3.8, 4) is 0 Å². The van der Waals surface area contributed by atoms with Gasteiger partial charge in [-0.25, -0.2) is 0 Å². The van der Waals surface area contributed by atoms with Crippen LogP contribution in [-0.4, -0.2) is 15.0 Å². The summed E-state index contributed by atoms with van der Waals surface area (Å²) < 4.78 is 1.77. The van der Waals surface area contributed by atoms with E-state index >= 15 is 0 Å². The second-order valence-corrected chi connectivity index (χ2v) is 4.49. The molecule has 0 aliphatic rings. The van der Waals surface area contributed by atoms with Gasteiger partial charge >= 0.3 is 0 Å². The van der Waals surface area contributed by atoms with Crippen molar-refractivity contribution < 1.29 is 0 Å². The fourth-order valence-electron chi connectivity index (χ4n) is 1.48. The van der Waals surface area contributed by atoms with Crippen LogP contribution >= 0.6 is 23.2 Å². The Morgan fingerprint density at radius 1 is 1.24 bits per heavy atom. The molecule has 0 saturated heterocycles. The van der Waals surface area contributed by atoms with Gasteiger partial charge in [0.15, 0.2) is 0 Å². The predicted octanol–water partition coefficient (Wildman–Crippen LogP) is 2.29. The molecule has 2 N–H and O–H groups in total. The fraction of sp³-hybridized carbons (Fsp3) is 0.273. The molecule has 17 heavy (non-hydrogen) atoms. The molecule has 4 nitrogen and oxygen atoms in total. The zero-order chi connectivity index (χ0) is 12.3. The molecule has 0 spiro atoms. The van der Waals surface area contributed by atoms with E-state index in [0.717, 1.165) is 24.2 Å². The van der Waals surface area contributed by atoms with E-state index in [-0.39, 0.29) is 0 Å². The standard InChI is InChI=1S/C11H12Cl2N4/c12-10-2-1-8(5-11(10)13)3-4-17-7-9(6-14)15-16-17/h1-2,5,7H,3-4,6,14H2. The second-order valence-electron chi connectivity index (χ2n) is 3.68. The summed E-state index contributed by atoms with van der Waals surface area (Å²) in [6.45, 7) is 1.15. The minimum Gasteiger partial charge on any atom is -0.325 e. The molecule has 0 amide bonds. The van der Waals surface area contributed by atoms with Crippen molar-refractivity contribution in [2.24, 2.45) is 5.73 Å². The maximum absolute atomic E-state index is 5.94. The van der Waals surface area contributed by atoms with Crippen LogP contribution in [0.25, 0.3) is 0 Å². The Bertz CT molecular complexity index is 510. The van der Waals surface area contributed by atoms with Crippen molar-refractivity contribution >= 4 is 23.2 Å². The van der Waals surface area contributed by atoms with Crippen molar-refractivity contribution in [2.75, 3.05) is 0 Å². The zero-order valence-electron chi connectivity index (χ0n) is 9.11. The van der Waals surface area contributed by atoms with Gasteiger partial charge in [0.1, 0.15) is 0 Å². The van der Waals surface area contributed by atoms with Crippen molar-refractivity contribution in [1.29, 1.82) is 0 Å². The topological polar surface area (TPSA) is 56.7 Å². The highest BCUT2D eigenvalue weighted by atomic mass is 35.5. The molecular weight excluding hydrogens is 259 g/mol. The van der Waals surface area contributed by atoms with Crippen LogP contribution in [0.3, 0.4) is 0 Å². The zero-order valence-corrected chi connectivity index (χ0v) is 10.6. The lowest BCUT2D eigenvalue weighted by Crippen LogP contribution is -2.02. The van der Waals surface area contributed by atoms with E-state index < -0.39 is 0 Å². The number of hydrogen-bond donors (Lipinski definition) is 1. The Balaban J connectivity index is 1.99. The average molecular weight is 271 g/mol. The summed E-state index contributed by atoms with van der Waals surface area (Å²) in [6, 6.07) is 5.62. The van der Waals surface area contributed by atoms with Gasteiger partial charge < -0.3 is 5.73 Å². The maximum Gasteiger partial charge on any atom is 0.0962 e. The van der Waals surface area contributed by atoms with E-state index in [2.05, 4.69) is 10.3 Å². The Kier molecular flexibility index (Phi) is 3.99. The highest BCUT2D eigenvalue weighted by Crippen LogP contribution is 2.22. The highest BCUT2D eigenvalue weighted by molar-refractivity contribution is 6.42. The van der Waals surface area contributed by atoms with E-state index in [1.165, 1.54) is 0 Å². The third-order valence-corrected chi connectivity index (χ3v) is 3.15. The summed E-state index contributed by atoms with van der Waals surface area (Å²) in [4.78, 5) is 0. The molecule has 2 aromatic rings. The normalized spacial score (nSPS) is 10.8. The van der Waals surface area contributed by atoms with Crippen LogP contribution in [0.15, 0.2) is 24.4 Å². The Morgan fingerprint density at radius 2 is 2.06 bits per heavy atom. The number of halogens is 2. The minimum absolute atomic E-state index is 0.409. The quantitative estimate of drug-likeness (QED) is 0.928. The van der Waals surface area contributed by atoms with Crippen molar-refractivity contribution in [1.82, 2.24) is 15.0 Å². The lowest BCUT2D eigenvalue weighted by molar-refractivity contribution is 0.589. The summed E-state index contributed by atoms with van der Waals surface area (Å²) in [5.41, 5.74) is 7.36. The first kappa shape index (κ1) is 12.4. The molecule has 1 heterocycles. The van der Waals surface area contributed by atoms with E-state index in [0.29, 0.717) is 16.6 Å². The Labute approximate surface area is 109 Å². The average Bonchev–Trinajstić information content (AvgIpc) is 2.79. The van der Waals surface area contributed by atoms with Crippen molar-refractivity contribution in [3.05, 3.63) is 45.7 Å². The largest absolute Gasteiger partial charge is 0.325 e. The summed E-state index contributed by atoms with van der Waals surface area (Å²) >= 11 is 11.8. The molecule has 0 aliphatic heterocycles. The van der Waals surface area contributed by atoms with Crippen LogP contribution in [0.1, 0.15) is 11.3 Å². The summed E-state index contributed by atoms with van der Waals surface area (Å²) in [5.74, 6) is 0. The van der Waals surface area contributed by atoms with Gasteiger partial charge in [0.2, 0.25) is 0 Å². The molecule has 0 fully saturated rings. The first-order chi connectivity index (χ1) is 8.19. The second kappa shape index (κ2) is 5.49. The first-order valence-electron chi connectivity index (χ1n) is 5.22. The molecule has 90 valence electrons. The third-order valence-electron chi connectivity index (χ3n) is 2.41. The van der Waals surface area contributed by atoms with E-state index in [1.807, 2.05) is 18.3 Å². The van der Waals surface area contributed by atoms with Gasteiger partial charge in [-0.2, -0.15) is 0 Å². The molecule has 0 aliphatic carbocycles. The Morgan fingerprint density at radius 3 is 2.71 bits per heavy atom. The van der Waals surface area contributed by atoms with Gasteiger partial charge in [-0.15, -0.1) is 5.10 Å². The number of nitrogens with zero attached hydrogens (tertiary/aromatic N) is 3. The van der Waals surface area contributed by atoms with Crippen LogP contribution < -0.4 is 5.73 Å². The maximum atomic E-state index is 5.94. The van der Waals surface area contributed by atoms with Gasteiger partial charge in [0.05, 0.1) is 15.7 Å². The monoisotopic (exact) mass is 270 g/mol. The van der Waals surface area contributed by atoms with Crippen molar-refractivity contribution in [2.45, 2.75) is 19.5 Å². The molecular formula is C11H12Cl2N4. The molecule has 0 bridgehead atoms. The van der Waals surface area contributed by atoms with Crippen LogP contribution in [0.2, 0.25) is 10.0 Å². The number of hydrogen-bond acceptors (Lipinski definition) is 3. The van der Waals surface area contributed by atoms with Crippen LogP contribution in [0, 0.1) is 0 Å². The molecule has 1 aromatic heterocycles. The summed E-state index contributed by atoms with van der Waals surface area (Å²) in [6.07, 6.45) is 2.67. The first-order valence-corrected chi connectivity index (χ1v) is 5.97. The molecule has 0 saturated carbocycles. The number of rotatable bonds is 4. The fourth-order valence-corrected chi connectivity index (χ4v) is 1.80. The van der Waals surface area contributed by atoms with Crippen LogP contribution in [0.5, 0.6) is 0 Å². The lowest BCUT2D eigenvalue weighted by atomic mass is 10.1. The van der Waals surface area contributed by atoms with Gasteiger partial charge in [-0.05, 0) is 24.1 Å². The predicted molar refractivity (Wildman–Crippen MR) is 68.1 cm³/mol. The smallest absolute Gasteiger partial charge is 0.0962 e. The Hall–Kier alpha value is -1.10. The van der Waals surface area contributed by atoms with Gasteiger partial charge in [-0.1, -0.05) is 34.5 Å². The summed E-state index contributed by atoms with van der Waals surface area (Å²) in [5, 5.41) is 9.03. The van der Waals surface area contributed by atoms with E-state index in [9.17, 15) is 0 Å². The van der Waals surface area contributed by atoms with E-state index in [1.54, 1.807) is 10.7 Å². The SMILES string of the molecule is NCc1cn(CCc2ccc(Cl)c(Cl)c2)nn1. The van der Waals surface area contributed by atoms with Crippen LogP contribution in [-0.2, 0) is 19.5 Å².